The number of carbonyl (C=O) groups is 3. The molecule has 1 unspecified atom stereocenters. The third-order valence-electron chi connectivity index (χ3n) is 14.7. The van der Waals surface area contributed by atoms with Crippen LogP contribution in [0.15, 0.2) is 48.0 Å². The number of para-hydroxylation sites is 1. The Kier molecular flexibility index (Phi) is 8.60. The van der Waals surface area contributed by atoms with Crippen LogP contribution in [0.2, 0.25) is 0 Å². The van der Waals surface area contributed by atoms with Crippen LogP contribution in [0.1, 0.15) is 67.1 Å². The number of benzene rings is 2. The second kappa shape index (κ2) is 13.1. The molecule has 4 fully saturated rings. The van der Waals surface area contributed by atoms with Crippen molar-refractivity contribution in [3.05, 3.63) is 76.1 Å². The number of likely N-dealkylation sites (tertiary alicyclic amines) is 1. The monoisotopic (exact) mass is 748 g/mol. The van der Waals surface area contributed by atoms with Crippen molar-refractivity contribution in [1.82, 2.24) is 19.8 Å². The van der Waals surface area contributed by atoms with Gasteiger partial charge in [0.05, 0.1) is 27.9 Å². The molecule has 11 heteroatoms. The molecule has 55 heavy (non-hydrogen) atoms. The predicted molar refractivity (Wildman–Crippen MR) is 208 cm³/mol. The zero-order valence-corrected chi connectivity index (χ0v) is 32.7. The number of hydrogen-bond acceptors (Lipinski definition) is 9. The second-order valence-electron chi connectivity index (χ2n) is 16.9. The molecule has 6 bridgehead atoms. The van der Waals surface area contributed by atoms with Crippen LogP contribution in [0.4, 0.5) is 0 Å². The molecule has 2 aromatic carbocycles. The van der Waals surface area contributed by atoms with Crippen molar-refractivity contribution in [3.8, 4) is 5.75 Å². The van der Waals surface area contributed by atoms with E-state index >= 15 is 0 Å². The number of fused-ring (bicyclic) bond motifs is 9. The third kappa shape index (κ3) is 4.88. The number of rotatable bonds is 6. The molecule has 1 saturated carbocycles. The van der Waals surface area contributed by atoms with E-state index in [4.69, 9.17) is 14.2 Å². The number of aromatic nitrogens is 2. The molecule has 4 aliphatic heterocycles. The largest absolute Gasteiger partial charge is 0.496 e. The van der Waals surface area contributed by atoms with E-state index in [2.05, 4.69) is 50.1 Å². The lowest BCUT2D eigenvalue weighted by Gasteiger charge is -2.57. The number of hydrogen-bond donors (Lipinski definition) is 3. The van der Waals surface area contributed by atoms with Crippen molar-refractivity contribution in [2.75, 3.05) is 54.6 Å². The Morgan fingerprint density at radius 1 is 1.00 bits per heavy atom. The highest BCUT2D eigenvalue weighted by Gasteiger charge is 2.64. The molecule has 9 atom stereocenters. The van der Waals surface area contributed by atoms with Crippen LogP contribution in [-0.4, -0.2) is 109 Å². The minimum absolute atomic E-state index is 0.122. The second-order valence-corrected chi connectivity index (χ2v) is 16.9. The molecule has 0 amide bonds. The number of Topliss-reactive ketones (excluding diaryl/α,β-unsaturated/α-hetero) is 1. The molecule has 3 N–H and O–H groups in total. The zero-order chi connectivity index (χ0) is 38.6. The molecule has 290 valence electrons. The van der Waals surface area contributed by atoms with Gasteiger partial charge in [-0.2, -0.15) is 0 Å². The molecule has 2 aromatic heterocycles. The van der Waals surface area contributed by atoms with E-state index in [-0.39, 0.29) is 54.1 Å². The van der Waals surface area contributed by atoms with Gasteiger partial charge < -0.3 is 29.3 Å². The van der Waals surface area contributed by atoms with Gasteiger partial charge >= 0.3 is 11.9 Å². The predicted octanol–water partition coefficient (Wildman–Crippen LogP) is 5.03. The van der Waals surface area contributed by atoms with Crippen LogP contribution in [-0.2, 0) is 42.1 Å². The van der Waals surface area contributed by atoms with E-state index in [0.29, 0.717) is 38.0 Å². The highest BCUT2D eigenvalue weighted by atomic mass is 16.5. The lowest BCUT2D eigenvalue weighted by Crippen LogP contribution is -2.68. The molecule has 2 aliphatic carbocycles. The summed E-state index contributed by atoms with van der Waals surface area (Å²) in [4.78, 5) is 53.8. The number of nitrogens with one attached hydrogen (secondary N) is 2. The highest BCUT2D eigenvalue weighted by Crippen LogP contribution is 2.57. The number of ketones is 1. The fraction of sp³-hybridized carbons (Fsp3) is 0.523. The van der Waals surface area contributed by atoms with Crippen LogP contribution in [0, 0.1) is 23.2 Å². The molecule has 0 spiro atoms. The summed E-state index contributed by atoms with van der Waals surface area (Å²) in [6.07, 6.45) is 5.31. The maximum absolute atomic E-state index is 14.3. The average Bonchev–Trinajstić information content (AvgIpc) is 3.72. The topological polar surface area (TPSA) is 137 Å². The quantitative estimate of drug-likeness (QED) is 0.183. The Balaban J connectivity index is 1.30. The first-order chi connectivity index (χ1) is 26.6. The summed E-state index contributed by atoms with van der Waals surface area (Å²) < 4.78 is 17.5. The summed E-state index contributed by atoms with van der Waals surface area (Å²) in [7, 11) is 6.61. The Labute approximate surface area is 321 Å². The number of aromatic amines is 2. The number of ether oxygens (including phenoxy) is 3. The molecule has 4 aromatic rings. The molecule has 6 heterocycles. The number of carbonyl (C=O) groups excluding carboxylic acids is 3. The van der Waals surface area contributed by atoms with Crippen LogP contribution in [0.5, 0.6) is 5.75 Å². The smallest absolute Gasteiger partial charge is 0.319 e. The van der Waals surface area contributed by atoms with E-state index in [0.717, 1.165) is 75.0 Å². The summed E-state index contributed by atoms with van der Waals surface area (Å²) in [5, 5.41) is 13.6. The first kappa shape index (κ1) is 36.2. The van der Waals surface area contributed by atoms with Crippen LogP contribution in [0.25, 0.3) is 21.8 Å². The number of aliphatic hydroxyl groups is 1. The number of methoxy groups -OCH3 is 3. The Morgan fingerprint density at radius 2 is 1.78 bits per heavy atom. The van der Waals surface area contributed by atoms with Crippen molar-refractivity contribution in [2.45, 2.75) is 69.4 Å². The number of likely N-dealkylation sites (N-methyl/N-ethyl adjacent to an activating group) is 1. The van der Waals surface area contributed by atoms with Crippen LogP contribution in [0.3, 0.4) is 0 Å². The van der Waals surface area contributed by atoms with Crippen molar-refractivity contribution >= 4 is 39.5 Å². The van der Waals surface area contributed by atoms with E-state index in [9.17, 15) is 19.5 Å². The minimum Gasteiger partial charge on any atom is -0.496 e. The lowest BCUT2D eigenvalue weighted by atomic mass is 9.56. The Morgan fingerprint density at radius 3 is 2.49 bits per heavy atom. The molecule has 0 radical (unpaired) electrons. The maximum Gasteiger partial charge on any atom is 0.319 e. The van der Waals surface area contributed by atoms with Gasteiger partial charge in [0.15, 0.2) is 0 Å². The number of H-pyrrole nitrogens is 2. The molecule has 10 rings (SSSR count). The van der Waals surface area contributed by atoms with Crippen molar-refractivity contribution in [1.29, 1.82) is 0 Å². The molecular weight excluding hydrogens is 697 g/mol. The number of esters is 2. The minimum atomic E-state index is -1.20. The zero-order valence-electron chi connectivity index (χ0n) is 32.7. The summed E-state index contributed by atoms with van der Waals surface area (Å²) >= 11 is 0. The lowest BCUT2D eigenvalue weighted by molar-refractivity contribution is -0.169. The van der Waals surface area contributed by atoms with Crippen LogP contribution < -0.4 is 4.74 Å². The maximum atomic E-state index is 14.3. The van der Waals surface area contributed by atoms with Crippen molar-refractivity contribution in [3.63, 3.8) is 0 Å². The van der Waals surface area contributed by atoms with E-state index in [1.54, 1.807) is 14.0 Å². The number of piperidine rings is 3. The molecule has 6 aliphatic rings. The molecule has 11 nitrogen and oxygen atoms in total. The van der Waals surface area contributed by atoms with E-state index < -0.39 is 16.8 Å². The SMILES string of the molecule is C/C=C1\CN(C)[C@H]2Cc3c([nH]c4ccccc34)[C@@H](c3cc4c5c([nH]c4cc3OC)[C@]3(C(=O)OC)C[C@H]4C[C@H](C(C)=O)[C@@H]3N(CC5)C4)C[C@@H]1[C@]2(CO)C(=O)OC. The van der Waals surface area contributed by atoms with Gasteiger partial charge in [-0.15, -0.1) is 0 Å². The van der Waals surface area contributed by atoms with Gasteiger partial charge in [0, 0.05) is 94.3 Å². The molecule has 3 saturated heterocycles. The first-order valence-electron chi connectivity index (χ1n) is 19.8. The Bertz CT molecular complexity index is 2270. The van der Waals surface area contributed by atoms with Gasteiger partial charge in [-0.05, 0) is 82.2 Å². The summed E-state index contributed by atoms with van der Waals surface area (Å²) in [6, 6.07) is 12.0. The Hall–Kier alpha value is -4.45. The standard InChI is InChI=1S/C44H52N4O7/c1-7-25-21-47(3)37-17-32-26-10-8-9-11-34(26)45-38(32)31(16-33(25)44(37,22-49)42(52)55-6)30-15-29-27-12-13-48-20-24-14-28(23(2)50)40(48)43(19-24,41(51)54-5)39(27)46-35(29)18-36(30)53-4/h7-11,15,18,24,28,31,33,37,40,45-46,49H,12-14,16-17,19-22H2,1-6H3/b25-7+/t24-,28-,31-,33+,37+,40+,43-,44+/m1/s1. The van der Waals surface area contributed by atoms with Crippen LogP contribution >= 0.6 is 0 Å². The fourth-order valence-corrected chi connectivity index (χ4v) is 12.4. The van der Waals surface area contributed by atoms with Gasteiger partial charge in [-0.25, -0.2) is 0 Å². The van der Waals surface area contributed by atoms with Gasteiger partial charge in [0.25, 0.3) is 0 Å². The summed E-state index contributed by atoms with van der Waals surface area (Å²) in [5.74, 6) is -0.491. The number of allylic oxidation sites excluding steroid dienone is 1. The van der Waals surface area contributed by atoms with Crippen molar-refractivity contribution in [2.24, 2.45) is 23.2 Å². The van der Waals surface area contributed by atoms with E-state index in [1.807, 2.05) is 26.1 Å². The fourth-order valence-electron chi connectivity index (χ4n) is 12.4. The van der Waals surface area contributed by atoms with E-state index in [1.165, 1.54) is 14.2 Å². The van der Waals surface area contributed by atoms with Gasteiger partial charge in [0.2, 0.25) is 0 Å². The molecular formula is C44H52N4O7. The third-order valence-corrected chi connectivity index (χ3v) is 14.7. The average molecular weight is 749 g/mol. The van der Waals surface area contributed by atoms with Crippen molar-refractivity contribution < 1.29 is 33.7 Å². The number of aliphatic hydroxyl groups excluding tert-OH is 1. The van der Waals surface area contributed by atoms with Gasteiger partial charge in [-0.1, -0.05) is 29.8 Å². The highest BCUT2D eigenvalue weighted by molar-refractivity contribution is 5.94. The summed E-state index contributed by atoms with van der Waals surface area (Å²) in [5.41, 5.74) is 5.89. The normalized spacial score (nSPS) is 33.4. The van der Waals surface area contributed by atoms with Gasteiger partial charge in [-0.3, -0.25) is 24.2 Å². The van der Waals surface area contributed by atoms with Gasteiger partial charge in [0.1, 0.15) is 22.4 Å². The summed E-state index contributed by atoms with van der Waals surface area (Å²) in [6.45, 7) is 5.61. The first-order valence-corrected chi connectivity index (χ1v) is 19.8. The number of nitrogens with zero attached hydrogens (tertiary/aromatic N) is 2.